The Morgan fingerprint density at radius 3 is 2.21 bits per heavy atom. The summed E-state index contributed by atoms with van der Waals surface area (Å²) in [6.07, 6.45) is -0.239. The van der Waals surface area contributed by atoms with Crippen LogP contribution in [0.15, 0.2) is 30.5 Å². The van der Waals surface area contributed by atoms with Crippen LogP contribution in [0.25, 0.3) is 0 Å². The number of hydrogen-bond donors (Lipinski definition) is 3. The lowest BCUT2D eigenvalue weighted by molar-refractivity contribution is -0.142. The fourth-order valence-corrected chi connectivity index (χ4v) is 6.16. The third-order valence-corrected chi connectivity index (χ3v) is 8.54. The molecule has 3 N–H and O–H groups in total. The van der Waals surface area contributed by atoms with Crippen molar-refractivity contribution in [1.82, 2.24) is 15.6 Å². The highest BCUT2D eigenvalue weighted by atomic mass is 35.5. The number of fused-ring (bicyclic) bond motifs is 2. The second-order valence-corrected chi connectivity index (χ2v) is 12.8. The van der Waals surface area contributed by atoms with Crippen molar-refractivity contribution in [3.05, 3.63) is 51.6 Å². The van der Waals surface area contributed by atoms with Crippen LogP contribution in [0, 0.1) is 0 Å². The van der Waals surface area contributed by atoms with E-state index in [1.165, 1.54) is 38.2 Å². The molecule has 0 radical (unpaired) electrons. The van der Waals surface area contributed by atoms with E-state index in [2.05, 4.69) is 15.2 Å². The molecule has 2 saturated heterocycles. The van der Waals surface area contributed by atoms with Gasteiger partial charge in [-0.3, -0.25) is 14.4 Å². The maximum Gasteiger partial charge on any atom is 0.405 e. The van der Waals surface area contributed by atoms with Crippen molar-refractivity contribution in [2.45, 2.75) is 88.7 Å². The number of aliphatic carboxylic acids is 1. The minimum absolute atomic E-state index is 0.0316. The standard InChI is InChI=1S/C29H33Cl2F3N4O5/c1-27(2,26(41)42)19-11-22(21(31)12-20(19)30)43-28(3,4)25(40)37-16-9-17-6-7-18(10-16)38(17)23-8-5-15(13-35-23)24(39)36-14-29(32,33)34/h5,8,11-13,16-18H,6-7,9-10,14H2,1-4H3,(H,36,39)(H,37,40)(H,41,42)/t16?,17-,18+. The molecule has 2 bridgehead atoms. The molecule has 2 aliphatic heterocycles. The minimum atomic E-state index is -4.51. The summed E-state index contributed by atoms with van der Waals surface area (Å²) in [6, 6.07) is 5.90. The lowest BCUT2D eigenvalue weighted by atomic mass is 9.84. The maximum atomic E-state index is 13.4. The summed E-state index contributed by atoms with van der Waals surface area (Å²) >= 11 is 12.6. The molecule has 3 heterocycles. The zero-order chi connectivity index (χ0) is 31.9. The lowest BCUT2D eigenvalue weighted by Crippen LogP contribution is -2.55. The molecule has 1 aromatic carbocycles. The smallest absolute Gasteiger partial charge is 0.405 e. The van der Waals surface area contributed by atoms with Gasteiger partial charge in [-0.1, -0.05) is 23.2 Å². The van der Waals surface area contributed by atoms with Crippen molar-refractivity contribution in [1.29, 1.82) is 0 Å². The van der Waals surface area contributed by atoms with Crippen LogP contribution in [0.1, 0.15) is 69.3 Å². The Labute approximate surface area is 257 Å². The first-order valence-corrected chi connectivity index (χ1v) is 14.5. The van der Waals surface area contributed by atoms with E-state index in [1.54, 1.807) is 19.9 Å². The average Bonchev–Trinajstić information content (AvgIpc) is 3.18. The number of ether oxygens (including phenoxy) is 1. The van der Waals surface area contributed by atoms with Gasteiger partial charge < -0.3 is 25.4 Å². The fraction of sp³-hybridized carbons (Fsp3) is 0.517. The van der Waals surface area contributed by atoms with E-state index in [-0.39, 0.29) is 45.4 Å². The number of halogens is 5. The number of piperidine rings is 1. The summed E-state index contributed by atoms with van der Waals surface area (Å²) in [7, 11) is 0. The highest BCUT2D eigenvalue weighted by Gasteiger charge is 2.43. The fourth-order valence-electron chi connectivity index (χ4n) is 5.51. The number of carbonyl (C=O) groups is 3. The number of hydrogen-bond acceptors (Lipinski definition) is 6. The van der Waals surface area contributed by atoms with Gasteiger partial charge in [-0.05, 0) is 83.2 Å². The normalized spacial score (nSPS) is 20.5. The molecule has 9 nitrogen and oxygen atoms in total. The number of alkyl halides is 3. The molecule has 0 aliphatic carbocycles. The number of anilines is 1. The molecule has 2 amide bonds. The lowest BCUT2D eigenvalue weighted by Gasteiger charge is -2.41. The van der Waals surface area contributed by atoms with Gasteiger partial charge in [0, 0.05) is 29.3 Å². The van der Waals surface area contributed by atoms with Gasteiger partial charge >= 0.3 is 12.1 Å². The molecular weight excluding hydrogens is 612 g/mol. The summed E-state index contributed by atoms with van der Waals surface area (Å²) in [4.78, 5) is 43.7. The summed E-state index contributed by atoms with van der Waals surface area (Å²) < 4.78 is 43.3. The maximum absolute atomic E-state index is 13.4. The second-order valence-electron chi connectivity index (χ2n) is 11.9. The van der Waals surface area contributed by atoms with Crippen LogP contribution in [0.2, 0.25) is 10.0 Å². The molecule has 234 valence electrons. The molecule has 3 atom stereocenters. The zero-order valence-corrected chi connectivity index (χ0v) is 25.5. The number of amides is 2. The first-order valence-electron chi connectivity index (χ1n) is 13.7. The molecule has 1 aromatic heterocycles. The molecule has 2 aliphatic rings. The summed E-state index contributed by atoms with van der Waals surface area (Å²) in [5.41, 5.74) is -2.36. The molecule has 2 aromatic rings. The molecule has 4 rings (SSSR count). The van der Waals surface area contributed by atoms with E-state index in [9.17, 15) is 32.7 Å². The number of carbonyl (C=O) groups excluding carboxylic acids is 2. The van der Waals surface area contributed by atoms with Crippen LogP contribution in [0.3, 0.4) is 0 Å². The van der Waals surface area contributed by atoms with E-state index in [1.807, 2.05) is 5.32 Å². The predicted molar refractivity (Wildman–Crippen MR) is 155 cm³/mol. The monoisotopic (exact) mass is 644 g/mol. The number of rotatable bonds is 9. The number of carboxylic acids is 1. The highest BCUT2D eigenvalue weighted by Crippen LogP contribution is 2.40. The van der Waals surface area contributed by atoms with Crippen molar-refractivity contribution >= 4 is 46.8 Å². The van der Waals surface area contributed by atoms with Crippen molar-refractivity contribution in [3.63, 3.8) is 0 Å². The Morgan fingerprint density at radius 2 is 1.67 bits per heavy atom. The molecule has 2 fully saturated rings. The Balaban J connectivity index is 1.40. The van der Waals surface area contributed by atoms with Crippen LogP contribution < -0.4 is 20.3 Å². The van der Waals surface area contributed by atoms with E-state index >= 15 is 0 Å². The van der Waals surface area contributed by atoms with Gasteiger partial charge in [-0.15, -0.1) is 0 Å². The SMILES string of the molecule is CC(C)(Oc1cc(C(C)(C)C(=O)O)c(Cl)cc1Cl)C(=O)NC1C[C@H]2CC[C@@H](C1)N2c1ccc(C(=O)NCC(F)(F)F)cn1. The molecule has 0 saturated carbocycles. The number of pyridine rings is 1. The Kier molecular flexibility index (Phi) is 9.14. The van der Waals surface area contributed by atoms with Gasteiger partial charge in [0.25, 0.3) is 11.8 Å². The first kappa shape index (κ1) is 32.7. The van der Waals surface area contributed by atoms with Crippen LogP contribution in [-0.2, 0) is 15.0 Å². The van der Waals surface area contributed by atoms with Gasteiger partial charge in [0.05, 0.1) is 16.0 Å². The van der Waals surface area contributed by atoms with Gasteiger partial charge in [-0.2, -0.15) is 13.2 Å². The zero-order valence-electron chi connectivity index (χ0n) is 24.0. The van der Waals surface area contributed by atoms with E-state index in [0.29, 0.717) is 24.2 Å². The van der Waals surface area contributed by atoms with Crippen molar-refractivity contribution in [2.75, 3.05) is 11.4 Å². The van der Waals surface area contributed by atoms with Gasteiger partial charge in [0.15, 0.2) is 5.60 Å². The van der Waals surface area contributed by atoms with E-state index in [4.69, 9.17) is 27.9 Å². The Morgan fingerprint density at radius 1 is 1.05 bits per heavy atom. The molecule has 1 unspecified atom stereocenters. The van der Waals surface area contributed by atoms with Gasteiger partial charge in [0.1, 0.15) is 18.1 Å². The number of nitrogens with one attached hydrogen (secondary N) is 2. The number of carboxylic acid groups (broad SMARTS) is 1. The van der Waals surface area contributed by atoms with Crippen molar-refractivity contribution in [2.24, 2.45) is 0 Å². The third kappa shape index (κ3) is 7.29. The number of benzene rings is 1. The first-order chi connectivity index (χ1) is 19.9. The van der Waals surface area contributed by atoms with Crippen LogP contribution in [0.4, 0.5) is 19.0 Å². The molecular formula is C29H33Cl2F3N4O5. The topological polar surface area (TPSA) is 121 Å². The van der Waals surface area contributed by atoms with Gasteiger partial charge in [-0.25, -0.2) is 4.98 Å². The number of nitrogens with zero attached hydrogens (tertiary/aromatic N) is 2. The Hall–Kier alpha value is -3.25. The van der Waals surface area contributed by atoms with E-state index in [0.717, 1.165) is 12.8 Å². The van der Waals surface area contributed by atoms with Crippen molar-refractivity contribution < 1.29 is 37.4 Å². The summed E-state index contributed by atoms with van der Waals surface area (Å²) in [5.74, 6) is -1.56. The van der Waals surface area contributed by atoms with Crippen molar-refractivity contribution in [3.8, 4) is 5.75 Å². The third-order valence-electron chi connectivity index (χ3n) is 7.93. The van der Waals surface area contributed by atoms with E-state index < -0.39 is 35.6 Å². The summed E-state index contributed by atoms with van der Waals surface area (Å²) in [6.45, 7) is 4.78. The largest absolute Gasteiger partial charge is 0.481 e. The quantitative estimate of drug-likeness (QED) is 0.329. The molecule has 43 heavy (non-hydrogen) atoms. The molecule has 0 spiro atoms. The van der Waals surface area contributed by atoms with Gasteiger partial charge in [0.2, 0.25) is 0 Å². The van der Waals surface area contributed by atoms with Crippen LogP contribution in [-0.4, -0.2) is 64.3 Å². The Bertz CT molecular complexity index is 1390. The average molecular weight is 646 g/mol. The highest BCUT2D eigenvalue weighted by molar-refractivity contribution is 6.36. The molecule has 14 heteroatoms. The minimum Gasteiger partial charge on any atom is -0.481 e. The van der Waals surface area contributed by atoms with Crippen LogP contribution >= 0.6 is 23.2 Å². The van der Waals surface area contributed by atoms with Crippen LogP contribution in [0.5, 0.6) is 5.75 Å². The predicted octanol–water partition coefficient (Wildman–Crippen LogP) is 5.52. The second kappa shape index (κ2) is 12.0. The number of aromatic nitrogens is 1. The summed E-state index contributed by atoms with van der Waals surface area (Å²) in [5, 5.41) is 14.9.